The minimum atomic E-state index is -1.03. The topological polar surface area (TPSA) is 90.7 Å². The fraction of sp³-hybridized carbons (Fsp3) is 0.333. The number of likely N-dealkylation sites (N-methyl/N-ethyl adjacent to an activating group) is 1. The van der Waals surface area contributed by atoms with Gasteiger partial charge in [-0.1, -0.05) is 12.1 Å². The van der Waals surface area contributed by atoms with Gasteiger partial charge in [0.2, 0.25) is 5.78 Å². The Hall–Kier alpha value is -2.72. The predicted molar refractivity (Wildman–Crippen MR) is 74.9 cm³/mol. The normalized spacial score (nSPS) is 17.5. The summed E-state index contributed by atoms with van der Waals surface area (Å²) in [5.41, 5.74) is 1.26. The van der Waals surface area contributed by atoms with Gasteiger partial charge in [0.25, 0.3) is 11.8 Å². The van der Waals surface area contributed by atoms with Crippen LogP contribution in [0.3, 0.4) is 0 Å². The summed E-state index contributed by atoms with van der Waals surface area (Å²) in [5, 5.41) is 9.81. The van der Waals surface area contributed by atoms with Crippen LogP contribution in [0.15, 0.2) is 24.3 Å². The third-order valence-corrected chi connectivity index (χ3v) is 3.50. The van der Waals surface area contributed by atoms with Gasteiger partial charge in [0, 0.05) is 13.6 Å². The lowest BCUT2D eigenvalue weighted by Crippen LogP contribution is -2.38. The molecule has 2 rings (SSSR count). The van der Waals surface area contributed by atoms with Gasteiger partial charge in [-0.25, -0.2) is 5.06 Å². The largest absolute Gasteiger partial charge is 0.338 e. The maximum absolute atomic E-state index is 12.4. The number of amides is 2. The molecule has 7 nitrogen and oxygen atoms in total. The van der Waals surface area contributed by atoms with E-state index in [2.05, 4.69) is 0 Å². The minimum Gasteiger partial charge on any atom is -0.338 e. The van der Waals surface area contributed by atoms with E-state index in [1.807, 2.05) is 6.07 Å². The Bertz CT molecular complexity index is 648. The fourth-order valence-electron chi connectivity index (χ4n) is 2.22. The molecule has 1 aromatic rings. The zero-order chi connectivity index (χ0) is 16.3. The molecule has 0 saturated carbocycles. The zero-order valence-corrected chi connectivity index (χ0v) is 12.3. The van der Waals surface area contributed by atoms with E-state index in [-0.39, 0.29) is 13.1 Å². The van der Waals surface area contributed by atoms with Crippen molar-refractivity contribution in [1.82, 2.24) is 9.96 Å². The molecule has 0 bridgehead atoms. The lowest BCUT2D eigenvalue weighted by molar-refractivity contribution is -0.183. The van der Waals surface area contributed by atoms with Crippen molar-refractivity contribution < 1.29 is 19.2 Å². The van der Waals surface area contributed by atoms with Crippen LogP contribution < -0.4 is 0 Å². The summed E-state index contributed by atoms with van der Waals surface area (Å²) in [6, 6.07) is 8.67. The predicted octanol–water partition coefficient (Wildman–Crippen LogP) is 0.106. The van der Waals surface area contributed by atoms with Gasteiger partial charge in [-0.2, -0.15) is 5.26 Å². The standard InChI is InChI=1S/C15H15N3O4/c1-17-9-12(13(19)15(17)21)14(20)18(22-2)8-11-5-3-10(7-16)4-6-11/h3-6,12H,8-9H2,1-2H3. The van der Waals surface area contributed by atoms with E-state index >= 15 is 0 Å². The molecule has 0 aromatic heterocycles. The van der Waals surface area contributed by atoms with E-state index in [1.165, 1.54) is 19.1 Å². The smallest absolute Gasteiger partial charge is 0.290 e. The number of nitriles is 1. The molecule has 0 spiro atoms. The van der Waals surface area contributed by atoms with Crippen molar-refractivity contribution in [3.63, 3.8) is 0 Å². The van der Waals surface area contributed by atoms with Crippen LogP contribution in [0.1, 0.15) is 11.1 Å². The number of Topliss-reactive ketones (excluding diaryl/α,β-unsaturated/α-hetero) is 1. The molecular formula is C15H15N3O4. The number of benzene rings is 1. The maximum atomic E-state index is 12.4. The maximum Gasteiger partial charge on any atom is 0.290 e. The molecule has 1 saturated heterocycles. The first-order chi connectivity index (χ1) is 10.5. The van der Waals surface area contributed by atoms with E-state index in [4.69, 9.17) is 10.1 Å². The highest BCUT2D eigenvalue weighted by Gasteiger charge is 2.43. The number of rotatable bonds is 4. The van der Waals surface area contributed by atoms with Gasteiger partial charge < -0.3 is 4.90 Å². The summed E-state index contributed by atoms with van der Waals surface area (Å²) < 4.78 is 0. The molecule has 1 atom stereocenters. The first-order valence-corrected chi connectivity index (χ1v) is 6.61. The Balaban J connectivity index is 2.11. The van der Waals surface area contributed by atoms with E-state index in [0.717, 1.165) is 10.6 Å². The summed E-state index contributed by atoms with van der Waals surface area (Å²) >= 11 is 0. The number of nitrogens with zero attached hydrogens (tertiary/aromatic N) is 3. The number of hydrogen-bond donors (Lipinski definition) is 0. The molecule has 1 aromatic carbocycles. The van der Waals surface area contributed by atoms with Crippen LogP contribution >= 0.6 is 0 Å². The second-order valence-corrected chi connectivity index (χ2v) is 4.97. The van der Waals surface area contributed by atoms with Crippen molar-refractivity contribution in [2.45, 2.75) is 6.54 Å². The van der Waals surface area contributed by atoms with Crippen molar-refractivity contribution in [1.29, 1.82) is 5.26 Å². The summed E-state index contributed by atoms with van der Waals surface area (Å²) in [5.74, 6) is -2.95. The Labute approximate surface area is 127 Å². The van der Waals surface area contributed by atoms with Gasteiger partial charge in [-0.15, -0.1) is 0 Å². The first-order valence-electron chi connectivity index (χ1n) is 6.61. The third-order valence-electron chi connectivity index (χ3n) is 3.50. The summed E-state index contributed by atoms with van der Waals surface area (Å²) in [7, 11) is 2.80. The van der Waals surface area contributed by atoms with Crippen LogP contribution in [-0.2, 0) is 25.8 Å². The number of ketones is 1. The van der Waals surface area contributed by atoms with Gasteiger partial charge in [0.1, 0.15) is 5.92 Å². The van der Waals surface area contributed by atoms with Gasteiger partial charge >= 0.3 is 0 Å². The third kappa shape index (κ3) is 2.97. The molecule has 22 heavy (non-hydrogen) atoms. The molecule has 1 fully saturated rings. The SMILES string of the molecule is CON(Cc1ccc(C#N)cc1)C(=O)C1CN(C)C(=O)C1=O. The monoisotopic (exact) mass is 301 g/mol. The molecule has 114 valence electrons. The summed E-state index contributed by atoms with van der Waals surface area (Å²) in [4.78, 5) is 41.9. The molecule has 1 aliphatic rings. The molecule has 0 N–H and O–H groups in total. The number of carbonyl (C=O) groups is 3. The lowest BCUT2D eigenvalue weighted by Gasteiger charge is -2.22. The van der Waals surface area contributed by atoms with E-state index in [0.29, 0.717) is 5.56 Å². The average molecular weight is 301 g/mol. The van der Waals surface area contributed by atoms with Crippen molar-refractivity contribution in [2.24, 2.45) is 5.92 Å². The zero-order valence-electron chi connectivity index (χ0n) is 12.3. The van der Waals surface area contributed by atoms with Crippen LogP contribution in [0.4, 0.5) is 0 Å². The first kappa shape index (κ1) is 15.7. The highest BCUT2D eigenvalue weighted by atomic mass is 16.7. The summed E-state index contributed by atoms with van der Waals surface area (Å²) in [6.45, 7) is 0.187. The van der Waals surface area contributed by atoms with E-state index < -0.39 is 23.5 Å². The van der Waals surface area contributed by atoms with Crippen LogP contribution in [0.25, 0.3) is 0 Å². The lowest BCUT2D eigenvalue weighted by atomic mass is 10.1. The molecular weight excluding hydrogens is 286 g/mol. The Morgan fingerprint density at radius 2 is 2.05 bits per heavy atom. The van der Waals surface area contributed by atoms with Crippen LogP contribution in [0.5, 0.6) is 0 Å². The Morgan fingerprint density at radius 1 is 1.41 bits per heavy atom. The molecule has 1 aliphatic heterocycles. The number of hydroxylamine groups is 2. The van der Waals surface area contributed by atoms with Crippen molar-refractivity contribution in [3.8, 4) is 6.07 Å². The Morgan fingerprint density at radius 3 is 2.50 bits per heavy atom. The minimum absolute atomic E-state index is 0.0593. The second kappa shape index (κ2) is 6.37. The number of likely N-dealkylation sites (tertiary alicyclic amines) is 1. The van der Waals surface area contributed by atoms with Crippen molar-refractivity contribution in [2.75, 3.05) is 20.7 Å². The van der Waals surface area contributed by atoms with E-state index in [1.54, 1.807) is 24.3 Å². The average Bonchev–Trinajstić information content (AvgIpc) is 2.80. The van der Waals surface area contributed by atoms with Crippen molar-refractivity contribution >= 4 is 17.6 Å². The molecule has 1 heterocycles. The highest BCUT2D eigenvalue weighted by Crippen LogP contribution is 2.17. The van der Waals surface area contributed by atoms with Crippen LogP contribution in [0, 0.1) is 17.2 Å². The van der Waals surface area contributed by atoms with Crippen LogP contribution in [0.2, 0.25) is 0 Å². The fourth-order valence-corrected chi connectivity index (χ4v) is 2.22. The number of carbonyl (C=O) groups excluding carboxylic acids is 3. The van der Waals surface area contributed by atoms with Gasteiger partial charge in [0.15, 0.2) is 0 Å². The Kier molecular flexibility index (Phi) is 4.53. The second-order valence-electron chi connectivity index (χ2n) is 4.97. The number of hydrogen-bond acceptors (Lipinski definition) is 5. The van der Waals surface area contributed by atoms with Crippen molar-refractivity contribution in [3.05, 3.63) is 35.4 Å². The van der Waals surface area contributed by atoms with E-state index in [9.17, 15) is 14.4 Å². The van der Waals surface area contributed by atoms with Gasteiger partial charge in [-0.05, 0) is 17.7 Å². The molecule has 0 radical (unpaired) electrons. The van der Waals surface area contributed by atoms with Crippen LogP contribution in [-0.4, -0.2) is 48.3 Å². The molecule has 1 unspecified atom stereocenters. The van der Waals surface area contributed by atoms with Gasteiger partial charge in [0.05, 0.1) is 25.3 Å². The van der Waals surface area contributed by atoms with Gasteiger partial charge in [-0.3, -0.25) is 19.2 Å². The highest BCUT2D eigenvalue weighted by molar-refractivity contribution is 6.42. The quantitative estimate of drug-likeness (QED) is 0.447. The molecule has 2 amide bonds. The molecule has 0 aliphatic carbocycles. The molecule has 7 heteroatoms. The summed E-state index contributed by atoms with van der Waals surface area (Å²) in [6.07, 6.45) is 0.